The minimum absolute atomic E-state index is 0.0414. The Bertz CT molecular complexity index is 1540. The van der Waals surface area contributed by atoms with E-state index in [9.17, 15) is 31.2 Å². The molecule has 1 aromatic carbocycles. The van der Waals surface area contributed by atoms with E-state index in [0.717, 1.165) is 44.6 Å². The summed E-state index contributed by atoms with van der Waals surface area (Å²) in [6.07, 6.45) is 7.09. The summed E-state index contributed by atoms with van der Waals surface area (Å²) in [7, 11) is -6.88. The van der Waals surface area contributed by atoms with Crippen molar-refractivity contribution in [1.82, 2.24) is 20.5 Å². The minimum atomic E-state index is -4.28. The van der Waals surface area contributed by atoms with Gasteiger partial charge in [0.05, 0.1) is 18.6 Å². The zero-order valence-corrected chi connectivity index (χ0v) is 27.7. The van der Waals surface area contributed by atoms with E-state index < -0.39 is 44.1 Å². The Labute approximate surface area is 262 Å². The van der Waals surface area contributed by atoms with Crippen molar-refractivity contribution in [2.45, 2.75) is 70.0 Å². The second kappa shape index (κ2) is 13.9. The molecule has 3 atom stereocenters. The summed E-state index contributed by atoms with van der Waals surface area (Å²) >= 11 is 0.713. The van der Waals surface area contributed by atoms with Crippen molar-refractivity contribution in [3.63, 3.8) is 0 Å². The van der Waals surface area contributed by atoms with E-state index in [1.165, 1.54) is 4.90 Å². The van der Waals surface area contributed by atoms with Crippen molar-refractivity contribution in [2.75, 3.05) is 35.1 Å². The molecule has 16 heteroatoms. The predicted molar refractivity (Wildman–Crippen MR) is 170 cm³/mol. The van der Waals surface area contributed by atoms with Crippen LogP contribution in [0.3, 0.4) is 0 Å². The van der Waals surface area contributed by atoms with Crippen molar-refractivity contribution in [2.24, 2.45) is 5.92 Å². The van der Waals surface area contributed by atoms with Gasteiger partial charge in [-0.05, 0) is 45.6 Å². The van der Waals surface area contributed by atoms with Crippen molar-refractivity contribution in [3.8, 4) is 11.3 Å². The molecule has 1 saturated carbocycles. The molecule has 13 nitrogen and oxygen atoms in total. The average molecular weight is 669 g/mol. The maximum Gasteiger partial charge on any atom is 0.247 e. The molecular weight excluding hydrogens is 629 g/mol. The number of hydrogen-bond acceptors (Lipinski definition) is 10. The van der Waals surface area contributed by atoms with Gasteiger partial charge < -0.3 is 20.9 Å². The van der Waals surface area contributed by atoms with Gasteiger partial charge >= 0.3 is 0 Å². The number of nitrogens with zero attached hydrogens (tertiary/aromatic N) is 3. The molecule has 3 N–H and O–H groups in total. The molecule has 2 aliphatic rings. The second-order valence-electron chi connectivity index (χ2n) is 11.3. The molecule has 44 heavy (non-hydrogen) atoms. The summed E-state index contributed by atoms with van der Waals surface area (Å²) in [6, 6.07) is 6.54. The van der Waals surface area contributed by atoms with Crippen LogP contribution < -0.4 is 19.7 Å². The first-order valence-corrected chi connectivity index (χ1v) is 19.1. The minimum Gasteiger partial charge on any atom is -0.343 e. The van der Waals surface area contributed by atoms with Crippen LogP contribution in [0.1, 0.15) is 51.9 Å². The van der Waals surface area contributed by atoms with Gasteiger partial charge in [-0.2, -0.15) is 0 Å². The third-order valence-electron chi connectivity index (χ3n) is 8.01. The number of hydrogen-bond donors (Lipinski definition) is 3. The number of benzene rings is 1. The number of rotatable bonds is 11. The summed E-state index contributed by atoms with van der Waals surface area (Å²) in [5.74, 6) is -1.14. The maximum absolute atomic E-state index is 14.0. The van der Waals surface area contributed by atoms with E-state index in [1.54, 1.807) is 44.3 Å². The number of amides is 3. The van der Waals surface area contributed by atoms with Crippen molar-refractivity contribution < 1.29 is 31.2 Å². The van der Waals surface area contributed by atoms with Crippen LogP contribution in [-0.2, 0) is 34.4 Å². The number of thiazole rings is 1. The second-order valence-corrected chi connectivity index (χ2v) is 16.2. The molecule has 2 aromatic rings. The average Bonchev–Trinajstić information content (AvgIpc) is 3.62. The molecule has 0 bridgehead atoms. The van der Waals surface area contributed by atoms with Gasteiger partial charge in [-0.3, -0.25) is 14.4 Å². The Hall–Kier alpha value is -3.08. The molecule has 4 rings (SSSR count). The molecule has 1 saturated heterocycles. The van der Waals surface area contributed by atoms with Crippen LogP contribution in [0.2, 0.25) is 0 Å². The fourth-order valence-electron chi connectivity index (χ4n) is 5.73. The van der Waals surface area contributed by atoms with Crippen molar-refractivity contribution in [3.05, 3.63) is 30.3 Å². The van der Waals surface area contributed by atoms with Gasteiger partial charge in [0, 0.05) is 12.1 Å². The lowest BCUT2D eigenvalue weighted by atomic mass is 9.83. The number of anilines is 2. The standard InChI is InChI=1S/C28H40N6O7S3/c1-18(29-2)24(35)30-23(20-14-9-6-10-15-20)27(37)33-17-11-16-21(33)25(36)32-26-22(19-12-7-5-8-13-19)31-28(42-26)34(43(3,38)39)44(4,40)41/h5,7-8,12-13,18,20-21,23,29H,6,9-11,14-17H2,1-4H3,(H,30,35)(H,32,36)/t18-,21-,23-/m0/s1. The quantitative estimate of drug-likeness (QED) is 0.324. The Morgan fingerprint density at radius 1 is 0.977 bits per heavy atom. The van der Waals surface area contributed by atoms with Crippen molar-refractivity contribution in [1.29, 1.82) is 0 Å². The fourth-order valence-corrected chi connectivity index (χ4v) is 10.2. The van der Waals surface area contributed by atoms with Crippen LogP contribution in [0.4, 0.5) is 10.1 Å². The van der Waals surface area contributed by atoms with Gasteiger partial charge in [0.2, 0.25) is 42.9 Å². The van der Waals surface area contributed by atoms with Gasteiger partial charge in [0.1, 0.15) is 22.8 Å². The SMILES string of the molecule is CN[C@@H](C)C(=O)N[C@H](C(=O)N1CCC[C@H]1C(=O)Nc1sc(N(S(C)(=O)=O)S(C)(=O)=O)nc1-c1ccccc1)C1CCCCC1. The zero-order chi connectivity index (χ0) is 32.2. The number of nitrogens with one attached hydrogen (secondary N) is 3. The number of likely N-dealkylation sites (N-methyl/N-ethyl adjacent to an activating group) is 1. The Balaban J connectivity index is 1.65. The lowest BCUT2D eigenvalue weighted by Gasteiger charge is -2.35. The Morgan fingerprint density at radius 2 is 1.61 bits per heavy atom. The summed E-state index contributed by atoms with van der Waals surface area (Å²) in [6.45, 7) is 2.05. The first kappa shape index (κ1) is 33.8. The van der Waals surface area contributed by atoms with Crippen LogP contribution in [0.25, 0.3) is 11.3 Å². The predicted octanol–water partition coefficient (Wildman–Crippen LogP) is 2.14. The number of aromatic nitrogens is 1. The molecule has 1 aliphatic carbocycles. The number of likely N-dealkylation sites (tertiary alicyclic amines) is 1. The van der Waals surface area contributed by atoms with E-state index in [0.29, 0.717) is 36.3 Å². The van der Waals surface area contributed by atoms with E-state index in [2.05, 4.69) is 20.9 Å². The molecule has 242 valence electrons. The first-order valence-electron chi connectivity index (χ1n) is 14.6. The molecule has 0 spiro atoms. The van der Waals surface area contributed by atoms with Gasteiger partial charge in [-0.15, -0.1) is 3.71 Å². The summed E-state index contributed by atoms with van der Waals surface area (Å²) in [5.41, 5.74) is 0.728. The maximum atomic E-state index is 14.0. The highest BCUT2D eigenvalue weighted by molar-refractivity contribution is 8.09. The van der Waals surface area contributed by atoms with E-state index in [-0.39, 0.29) is 37.3 Å². The van der Waals surface area contributed by atoms with Crippen LogP contribution >= 0.6 is 11.3 Å². The van der Waals surface area contributed by atoms with Gasteiger partial charge in [0.15, 0.2) is 0 Å². The molecule has 1 aromatic heterocycles. The number of sulfonamides is 2. The van der Waals surface area contributed by atoms with Crippen molar-refractivity contribution >= 4 is 59.2 Å². The third kappa shape index (κ3) is 7.76. The van der Waals surface area contributed by atoms with Gasteiger partial charge in [-0.25, -0.2) is 21.8 Å². The number of carbonyl (C=O) groups is 3. The van der Waals surface area contributed by atoms with Gasteiger partial charge in [0.25, 0.3) is 0 Å². The normalized spacial score (nSPS) is 19.3. The van der Waals surface area contributed by atoms with Crippen LogP contribution in [0, 0.1) is 5.92 Å². The summed E-state index contributed by atoms with van der Waals surface area (Å²) in [5, 5.41) is 8.46. The largest absolute Gasteiger partial charge is 0.343 e. The number of carbonyl (C=O) groups excluding carboxylic acids is 3. The molecule has 2 heterocycles. The lowest BCUT2D eigenvalue weighted by molar-refractivity contribution is -0.142. The third-order valence-corrected chi connectivity index (χ3v) is 12.4. The molecule has 2 fully saturated rings. The molecule has 3 amide bonds. The van der Waals surface area contributed by atoms with Crippen LogP contribution in [0.15, 0.2) is 30.3 Å². The summed E-state index contributed by atoms with van der Waals surface area (Å²) in [4.78, 5) is 46.5. The fraction of sp³-hybridized carbons (Fsp3) is 0.571. The molecule has 0 unspecified atom stereocenters. The molecular formula is C28H40N6O7S3. The van der Waals surface area contributed by atoms with E-state index in [4.69, 9.17) is 0 Å². The highest BCUT2D eigenvalue weighted by Gasteiger charge is 2.41. The lowest BCUT2D eigenvalue weighted by Crippen LogP contribution is -2.57. The molecule has 1 aliphatic heterocycles. The monoisotopic (exact) mass is 668 g/mol. The van der Waals surface area contributed by atoms with Gasteiger partial charge in [-0.1, -0.05) is 60.9 Å². The highest BCUT2D eigenvalue weighted by Crippen LogP contribution is 2.40. The smallest absolute Gasteiger partial charge is 0.247 e. The Morgan fingerprint density at radius 3 is 2.20 bits per heavy atom. The molecule has 0 radical (unpaired) electrons. The van der Waals surface area contributed by atoms with E-state index in [1.807, 2.05) is 0 Å². The zero-order valence-electron chi connectivity index (χ0n) is 25.3. The van der Waals surface area contributed by atoms with E-state index >= 15 is 0 Å². The first-order chi connectivity index (χ1) is 20.7. The topological polar surface area (TPSA) is 175 Å². The highest BCUT2D eigenvalue weighted by atomic mass is 32.3. The Kier molecular flexibility index (Phi) is 10.7. The van der Waals surface area contributed by atoms with Crippen LogP contribution in [-0.4, -0.2) is 88.7 Å². The summed E-state index contributed by atoms with van der Waals surface area (Å²) < 4.78 is 50.1. The van der Waals surface area contributed by atoms with Crippen LogP contribution in [0.5, 0.6) is 0 Å².